The van der Waals surface area contributed by atoms with Gasteiger partial charge >= 0.3 is 0 Å². The molecule has 1 aromatic heterocycles. The van der Waals surface area contributed by atoms with E-state index in [9.17, 15) is 10.1 Å². The molecule has 0 radical (unpaired) electrons. The van der Waals surface area contributed by atoms with Crippen molar-refractivity contribution in [2.24, 2.45) is 7.05 Å². The zero-order valence-corrected chi connectivity index (χ0v) is 13.7. The Morgan fingerprint density at radius 1 is 0.800 bits per heavy atom. The van der Waals surface area contributed by atoms with Crippen LogP contribution < -0.4 is 0 Å². The third-order valence-corrected chi connectivity index (χ3v) is 4.52. The van der Waals surface area contributed by atoms with Gasteiger partial charge in [0.05, 0.1) is 10.6 Å². The topological polar surface area (TPSA) is 48.1 Å². The lowest BCUT2D eigenvalue weighted by Gasteiger charge is -2.09. The fourth-order valence-corrected chi connectivity index (χ4v) is 3.37. The number of nitro benzene ring substituents is 1. The maximum absolute atomic E-state index is 10.9. The number of hydrogen-bond donors (Lipinski definition) is 0. The monoisotopic (exact) mass is 328 g/mol. The molecule has 0 N–H and O–H groups in total. The molecule has 0 unspecified atom stereocenters. The van der Waals surface area contributed by atoms with Gasteiger partial charge in [-0.1, -0.05) is 48.5 Å². The quantitative estimate of drug-likeness (QED) is 0.372. The number of benzene rings is 3. The summed E-state index contributed by atoms with van der Waals surface area (Å²) in [6.07, 6.45) is 0. The molecule has 0 saturated carbocycles. The van der Waals surface area contributed by atoms with E-state index in [1.807, 2.05) is 49.5 Å². The zero-order chi connectivity index (χ0) is 17.4. The standard InChI is InChI=1S/C21H16N2O2/c1-22-19-10-6-5-9-18(19)20(15-7-3-2-4-8-15)21(22)16-11-13-17(14-12-16)23(24)25/h2-14H,1H3. The van der Waals surface area contributed by atoms with Gasteiger partial charge in [-0.3, -0.25) is 10.1 Å². The molecule has 1 heterocycles. The molecule has 0 saturated heterocycles. The van der Waals surface area contributed by atoms with Crippen molar-refractivity contribution in [3.05, 3.63) is 89.0 Å². The Labute approximate surface area is 145 Å². The van der Waals surface area contributed by atoms with E-state index < -0.39 is 0 Å². The van der Waals surface area contributed by atoms with E-state index in [0.29, 0.717) is 0 Å². The third kappa shape index (κ3) is 2.48. The van der Waals surface area contributed by atoms with Crippen molar-refractivity contribution < 1.29 is 4.92 Å². The average molecular weight is 328 g/mol. The molecule has 4 rings (SSSR count). The van der Waals surface area contributed by atoms with Gasteiger partial charge in [0, 0.05) is 35.6 Å². The number of hydrogen-bond acceptors (Lipinski definition) is 2. The lowest BCUT2D eigenvalue weighted by Crippen LogP contribution is -1.93. The van der Waals surface area contributed by atoms with E-state index in [1.165, 1.54) is 5.39 Å². The Morgan fingerprint density at radius 3 is 2.12 bits per heavy atom. The second-order valence-corrected chi connectivity index (χ2v) is 5.97. The number of nitro groups is 1. The van der Waals surface area contributed by atoms with Crippen LogP contribution in [0, 0.1) is 10.1 Å². The highest BCUT2D eigenvalue weighted by molar-refractivity contribution is 6.04. The molecule has 122 valence electrons. The van der Waals surface area contributed by atoms with E-state index in [2.05, 4.69) is 28.8 Å². The SMILES string of the molecule is Cn1c(-c2ccc([N+](=O)[O-])cc2)c(-c2ccccc2)c2ccccc21. The Balaban J connectivity index is 2.03. The molecule has 0 aliphatic heterocycles. The van der Waals surface area contributed by atoms with Crippen LogP contribution in [0.2, 0.25) is 0 Å². The van der Waals surface area contributed by atoms with Crippen LogP contribution in [0.1, 0.15) is 0 Å². The number of non-ortho nitro benzene ring substituents is 1. The molecule has 0 bridgehead atoms. The van der Waals surface area contributed by atoms with Gasteiger partial charge in [0.1, 0.15) is 0 Å². The van der Waals surface area contributed by atoms with Crippen LogP contribution in [0.3, 0.4) is 0 Å². The van der Waals surface area contributed by atoms with Gasteiger partial charge in [-0.2, -0.15) is 0 Å². The highest BCUT2D eigenvalue weighted by Gasteiger charge is 2.18. The Morgan fingerprint density at radius 2 is 1.44 bits per heavy atom. The molecule has 0 fully saturated rings. The molecule has 0 aliphatic rings. The Hall–Kier alpha value is -3.40. The summed E-state index contributed by atoms with van der Waals surface area (Å²) >= 11 is 0. The first kappa shape index (κ1) is 15.1. The molecular formula is C21H16N2O2. The van der Waals surface area contributed by atoms with Crippen LogP contribution in [0.25, 0.3) is 33.3 Å². The van der Waals surface area contributed by atoms with Crippen LogP contribution in [-0.2, 0) is 7.05 Å². The van der Waals surface area contributed by atoms with Gasteiger partial charge in [-0.05, 0) is 29.3 Å². The molecule has 4 nitrogen and oxygen atoms in total. The lowest BCUT2D eigenvalue weighted by atomic mass is 9.98. The minimum atomic E-state index is -0.372. The van der Waals surface area contributed by atoms with Crippen molar-refractivity contribution in [3.8, 4) is 22.4 Å². The average Bonchev–Trinajstić information content (AvgIpc) is 2.95. The van der Waals surface area contributed by atoms with Crippen LogP contribution in [-0.4, -0.2) is 9.49 Å². The van der Waals surface area contributed by atoms with E-state index in [1.54, 1.807) is 12.1 Å². The molecule has 0 aliphatic carbocycles. The second-order valence-electron chi connectivity index (χ2n) is 5.97. The number of para-hydroxylation sites is 1. The molecule has 4 aromatic rings. The molecule has 0 spiro atoms. The molecule has 4 heteroatoms. The van der Waals surface area contributed by atoms with E-state index in [-0.39, 0.29) is 10.6 Å². The van der Waals surface area contributed by atoms with E-state index >= 15 is 0 Å². The van der Waals surface area contributed by atoms with E-state index in [4.69, 9.17) is 0 Å². The highest BCUT2D eigenvalue weighted by Crippen LogP contribution is 2.40. The number of rotatable bonds is 3. The first-order chi connectivity index (χ1) is 12.2. The van der Waals surface area contributed by atoms with Crippen molar-refractivity contribution in [2.45, 2.75) is 0 Å². The van der Waals surface area contributed by atoms with E-state index in [0.717, 1.165) is 27.9 Å². The van der Waals surface area contributed by atoms with Gasteiger partial charge in [0.25, 0.3) is 5.69 Å². The second kappa shape index (κ2) is 5.91. The summed E-state index contributed by atoms with van der Waals surface area (Å²) in [4.78, 5) is 10.6. The van der Waals surface area contributed by atoms with Crippen molar-refractivity contribution in [3.63, 3.8) is 0 Å². The molecule has 0 atom stereocenters. The highest BCUT2D eigenvalue weighted by atomic mass is 16.6. The summed E-state index contributed by atoms with van der Waals surface area (Å²) in [5.41, 5.74) is 5.53. The summed E-state index contributed by atoms with van der Waals surface area (Å²) in [6, 6.07) is 25.3. The van der Waals surface area contributed by atoms with Crippen LogP contribution in [0.5, 0.6) is 0 Å². The van der Waals surface area contributed by atoms with Crippen molar-refractivity contribution in [1.29, 1.82) is 0 Å². The zero-order valence-electron chi connectivity index (χ0n) is 13.7. The predicted molar refractivity (Wildman–Crippen MR) is 100 cm³/mol. The summed E-state index contributed by atoms with van der Waals surface area (Å²) in [5, 5.41) is 12.1. The van der Waals surface area contributed by atoms with Gasteiger partial charge in [0.2, 0.25) is 0 Å². The summed E-state index contributed by atoms with van der Waals surface area (Å²) < 4.78 is 2.15. The molecule has 3 aromatic carbocycles. The minimum Gasteiger partial charge on any atom is -0.343 e. The largest absolute Gasteiger partial charge is 0.343 e. The number of aromatic nitrogens is 1. The Kier molecular flexibility index (Phi) is 3.58. The first-order valence-electron chi connectivity index (χ1n) is 8.04. The number of fused-ring (bicyclic) bond motifs is 1. The first-order valence-corrected chi connectivity index (χ1v) is 8.04. The summed E-state index contributed by atoms with van der Waals surface area (Å²) in [5.74, 6) is 0. The van der Waals surface area contributed by atoms with Gasteiger partial charge in [0.15, 0.2) is 0 Å². The van der Waals surface area contributed by atoms with Crippen molar-refractivity contribution in [1.82, 2.24) is 4.57 Å². The fourth-order valence-electron chi connectivity index (χ4n) is 3.37. The number of nitrogens with zero attached hydrogens (tertiary/aromatic N) is 2. The fraction of sp³-hybridized carbons (Fsp3) is 0.0476. The Bertz CT molecular complexity index is 1060. The van der Waals surface area contributed by atoms with Gasteiger partial charge in [-0.25, -0.2) is 0 Å². The molecular weight excluding hydrogens is 312 g/mol. The molecule has 25 heavy (non-hydrogen) atoms. The summed E-state index contributed by atoms with van der Waals surface area (Å²) in [7, 11) is 2.03. The van der Waals surface area contributed by atoms with Crippen LogP contribution >= 0.6 is 0 Å². The van der Waals surface area contributed by atoms with Crippen LogP contribution in [0.4, 0.5) is 5.69 Å². The normalized spacial score (nSPS) is 10.9. The maximum Gasteiger partial charge on any atom is 0.269 e. The van der Waals surface area contributed by atoms with Crippen LogP contribution in [0.15, 0.2) is 78.9 Å². The maximum atomic E-state index is 10.9. The van der Waals surface area contributed by atoms with Gasteiger partial charge < -0.3 is 4.57 Å². The van der Waals surface area contributed by atoms with Crippen molar-refractivity contribution in [2.75, 3.05) is 0 Å². The van der Waals surface area contributed by atoms with Crippen molar-refractivity contribution >= 4 is 16.6 Å². The molecule has 0 amide bonds. The van der Waals surface area contributed by atoms with Gasteiger partial charge in [-0.15, -0.1) is 0 Å². The third-order valence-electron chi connectivity index (χ3n) is 4.52. The minimum absolute atomic E-state index is 0.101. The number of aryl methyl sites for hydroxylation is 1. The summed E-state index contributed by atoms with van der Waals surface area (Å²) in [6.45, 7) is 0. The smallest absolute Gasteiger partial charge is 0.269 e. The predicted octanol–water partition coefficient (Wildman–Crippen LogP) is 5.42. The lowest BCUT2D eigenvalue weighted by molar-refractivity contribution is -0.384.